The molecule has 0 amide bonds. The van der Waals surface area contributed by atoms with Gasteiger partial charge in [-0.25, -0.2) is 0 Å². The van der Waals surface area contributed by atoms with Crippen molar-refractivity contribution in [1.82, 2.24) is 0 Å². The molecular formula is C15H22O4. The molecule has 0 aliphatic heterocycles. The van der Waals surface area contributed by atoms with E-state index in [1.165, 1.54) is 0 Å². The predicted octanol–water partition coefficient (Wildman–Crippen LogP) is 2.64. The molecule has 0 spiro atoms. The molecule has 0 bridgehead atoms. The predicted molar refractivity (Wildman–Crippen MR) is 72.4 cm³/mol. The first kappa shape index (κ1) is 15.5. The minimum Gasteiger partial charge on any atom is -0.465 e. The van der Waals surface area contributed by atoms with E-state index in [0.717, 1.165) is 6.42 Å². The standard InChI is InChI=1S/C15H22O4/c1-5-11-19-13(17)15(4)10-8-7-9-14(15,3)12(16)18-6-2/h7-10H,5-6,11H2,1-4H3. The van der Waals surface area contributed by atoms with E-state index in [1.807, 2.05) is 6.92 Å². The van der Waals surface area contributed by atoms with Gasteiger partial charge in [-0.2, -0.15) is 0 Å². The molecule has 2 atom stereocenters. The van der Waals surface area contributed by atoms with Crippen molar-refractivity contribution in [3.8, 4) is 0 Å². The van der Waals surface area contributed by atoms with E-state index in [1.54, 1.807) is 45.1 Å². The van der Waals surface area contributed by atoms with Gasteiger partial charge >= 0.3 is 11.9 Å². The zero-order valence-electron chi connectivity index (χ0n) is 12.1. The third-order valence-corrected chi connectivity index (χ3v) is 3.61. The lowest BCUT2D eigenvalue weighted by Gasteiger charge is -2.39. The van der Waals surface area contributed by atoms with Crippen molar-refractivity contribution in [3.05, 3.63) is 24.3 Å². The summed E-state index contributed by atoms with van der Waals surface area (Å²) in [5, 5.41) is 0. The van der Waals surface area contributed by atoms with Crippen LogP contribution in [0, 0.1) is 10.8 Å². The van der Waals surface area contributed by atoms with Crippen LogP contribution in [0.4, 0.5) is 0 Å². The van der Waals surface area contributed by atoms with Gasteiger partial charge in [0.2, 0.25) is 0 Å². The van der Waals surface area contributed by atoms with Crippen LogP contribution >= 0.6 is 0 Å². The van der Waals surface area contributed by atoms with Crippen LogP contribution in [0.15, 0.2) is 24.3 Å². The lowest BCUT2D eigenvalue weighted by molar-refractivity contribution is -0.170. The molecule has 0 N–H and O–H groups in total. The Balaban J connectivity index is 3.07. The SMILES string of the molecule is CCCOC(=O)C1(C)C=CC=CC1(C)C(=O)OCC. The van der Waals surface area contributed by atoms with Gasteiger partial charge in [-0.3, -0.25) is 9.59 Å². The number of carbonyl (C=O) groups is 2. The highest BCUT2D eigenvalue weighted by molar-refractivity contribution is 5.91. The molecule has 0 aromatic rings. The number of esters is 2. The minimum absolute atomic E-state index is 0.284. The van der Waals surface area contributed by atoms with Gasteiger partial charge in [0.25, 0.3) is 0 Å². The van der Waals surface area contributed by atoms with Crippen LogP contribution in [-0.4, -0.2) is 25.2 Å². The molecule has 2 unspecified atom stereocenters. The average molecular weight is 266 g/mol. The van der Waals surface area contributed by atoms with Gasteiger partial charge in [-0.15, -0.1) is 0 Å². The summed E-state index contributed by atoms with van der Waals surface area (Å²) < 4.78 is 10.3. The van der Waals surface area contributed by atoms with Crippen molar-refractivity contribution in [2.24, 2.45) is 10.8 Å². The highest BCUT2D eigenvalue weighted by atomic mass is 16.5. The van der Waals surface area contributed by atoms with Crippen molar-refractivity contribution >= 4 is 11.9 Å². The Morgan fingerprint density at radius 3 is 1.84 bits per heavy atom. The summed E-state index contributed by atoms with van der Waals surface area (Å²) in [6.07, 6.45) is 7.68. The number of hydrogen-bond donors (Lipinski definition) is 0. The van der Waals surface area contributed by atoms with E-state index in [0.29, 0.717) is 6.61 Å². The second-order valence-electron chi connectivity index (χ2n) is 4.98. The first-order valence-corrected chi connectivity index (χ1v) is 6.64. The first-order chi connectivity index (χ1) is 8.92. The van der Waals surface area contributed by atoms with Crippen LogP contribution < -0.4 is 0 Å². The number of carbonyl (C=O) groups excluding carboxylic acids is 2. The second-order valence-corrected chi connectivity index (χ2v) is 4.98. The molecule has 0 aromatic carbocycles. The lowest BCUT2D eigenvalue weighted by Crippen LogP contribution is -2.49. The first-order valence-electron chi connectivity index (χ1n) is 6.64. The molecule has 4 nitrogen and oxygen atoms in total. The van der Waals surface area contributed by atoms with Crippen LogP contribution in [-0.2, 0) is 19.1 Å². The van der Waals surface area contributed by atoms with Gasteiger partial charge in [0, 0.05) is 0 Å². The van der Waals surface area contributed by atoms with Crippen LogP contribution in [0.2, 0.25) is 0 Å². The van der Waals surface area contributed by atoms with E-state index in [9.17, 15) is 9.59 Å². The summed E-state index contributed by atoms with van der Waals surface area (Å²) in [7, 11) is 0. The molecule has 19 heavy (non-hydrogen) atoms. The van der Waals surface area contributed by atoms with Crippen molar-refractivity contribution in [2.45, 2.75) is 34.1 Å². The summed E-state index contributed by atoms with van der Waals surface area (Å²) in [5.74, 6) is -0.808. The molecule has 0 aromatic heterocycles. The normalized spacial score (nSPS) is 29.1. The van der Waals surface area contributed by atoms with Crippen LogP contribution in [0.25, 0.3) is 0 Å². The van der Waals surface area contributed by atoms with Gasteiger partial charge in [0.15, 0.2) is 0 Å². The van der Waals surface area contributed by atoms with E-state index in [4.69, 9.17) is 9.47 Å². The van der Waals surface area contributed by atoms with Gasteiger partial charge in [-0.05, 0) is 27.2 Å². The van der Waals surface area contributed by atoms with Crippen molar-refractivity contribution in [3.63, 3.8) is 0 Å². The Morgan fingerprint density at radius 1 is 0.947 bits per heavy atom. The fourth-order valence-corrected chi connectivity index (χ4v) is 2.03. The average Bonchev–Trinajstić information content (AvgIpc) is 2.39. The van der Waals surface area contributed by atoms with Crippen LogP contribution in [0.5, 0.6) is 0 Å². The zero-order chi connectivity index (χ0) is 14.5. The topological polar surface area (TPSA) is 52.6 Å². The van der Waals surface area contributed by atoms with Crippen LogP contribution in [0.3, 0.4) is 0 Å². The van der Waals surface area contributed by atoms with Gasteiger partial charge in [0.05, 0.1) is 13.2 Å². The summed E-state index contributed by atoms with van der Waals surface area (Å²) in [4.78, 5) is 24.5. The third-order valence-electron chi connectivity index (χ3n) is 3.61. The summed E-state index contributed by atoms with van der Waals surface area (Å²) in [5.41, 5.74) is -2.08. The van der Waals surface area contributed by atoms with Gasteiger partial charge in [-0.1, -0.05) is 31.2 Å². The fraction of sp³-hybridized carbons (Fsp3) is 0.600. The highest BCUT2D eigenvalue weighted by Gasteiger charge is 2.54. The zero-order valence-corrected chi connectivity index (χ0v) is 12.1. The molecule has 0 fully saturated rings. The molecule has 0 saturated carbocycles. The Labute approximate surface area is 114 Å². The maximum absolute atomic E-state index is 12.3. The maximum Gasteiger partial charge on any atom is 0.317 e. The molecule has 106 valence electrons. The van der Waals surface area contributed by atoms with E-state index in [-0.39, 0.29) is 6.61 Å². The van der Waals surface area contributed by atoms with Gasteiger partial charge < -0.3 is 9.47 Å². The molecule has 1 aliphatic carbocycles. The second kappa shape index (κ2) is 6.04. The molecule has 0 heterocycles. The Morgan fingerprint density at radius 2 is 1.42 bits per heavy atom. The molecule has 1 rings (SSSR count). The van der Waals surface area contributed by atoms with E-state index >= 15 is 0 Å². The van der Waals surface area contributed by atoms with E-state index in [2.05, 4.69) is 0 Å². The Bertz CT molecular complexity index is 410. The van der Waals surface area contributed by atoms with Crippen molar-refractivity contribution < 1.29 is 19.1 Å². The number of hydrogen-bond acceptors (Lipinski definition) is 4. The molecule has 0 radical (unpaired) electrons. The molecule has 0 saturated heterocycles. The minimum atomic E-state index is -1.04. The largest absolute Gasteiger partial charge is 0.465 e. The van der Waals surface area contributed by atoms with E-state index < -0.39 is 22.8 Å². The summed E-state index contributed by atoms with van der Waals surface area (Å²) in [6.45, 7) is 7.73. The monoisotopic (exact) mass is 266 g/mol. The number of ether oxygens (including phenoxy) is 2. The summed E-state index contributed by atoms with van der Waals surface area (Å²) >= 11 is 0. The maximum atomic E-state index is 12.3. The lowest BCUT2D eigenvalue weighted by atomic mass is 9.63. The summed E-state index contributed by atoms with van der Waals surface area (Å²) in [6, 6.07) is 0. The van der Waals surface area contributed by atoms with Crippen molar-refractivity contribution in [1.29, 1.82) is 0 Å². The van der Waals surface area contributed by atoms with Crippen LogP contribution in [0.1, 0.15) is 34.1 Å². The molecular weight excluding hydrogens is 244 g/mol. The Hall–Kier alpha value is -1.58. The Kier molecular flexibility index (Phi) is 4.92. The van der Waals surface area contributed by atoms with Crippen molar-refractivity contribution in [2.75, 3.05) is 13.2 Å². The fourth-order valence-electron chi connectivity index (χ4n) is 2.03. The number of allylic oxidation sites excluding steroid dienone is 2. The smallest absolute Gasteiger partial charge is 0.317 e. The van der Waals surface area contributed by atoms with Gasteiger partial charge in [0.1, 0.15) is 10.8 Å². The molecule has 1 aliphatic rings. The molecule has 4 heteroatoms. The third kappa shape index (κ3) is 2.72. The quantitative estimate of drug-likeness (QED) is 0.718. The number of rotatable bonds is 5. The highest BCUT2D eigenvalue weighted by Crippen LogP contribution is 2.46.